The Bertz CT molecular complexity index is 1130. The van der Waals surface area contributed by atoms with E-state index in [-0.39, 0.29) is 17.3 Å². The molecule has 0 radical (unpaired) electrons. The summed E-state index contributed by atoms with van der Waals surface area (Å²) in [5.74, 6) is 0.546. The first-order valence-corrected chi connectivity index (χ1v) is 11.7. The molecule has 2 aromatic carbocycles. The van der Waals surface area contributed by atoms with E-state index in [9.17, 15) is 4.79 Å². The van der Waals surface area contributed by atoms with Crippen LogP contribution in [0.1, 0.15) is 23.2 Å². The van der Waals surface area contributed by atoms with Crippen LogP contribution in [0.15, 0.2) is 60.7 Å². The first-order chi connectivity index (χ1) is 15.6. The van der Waals surface area contributed by atoms with Crippen LogP contribution in [-0.4, -0.2) is 35.7 Å². The number of ether oxygens (including phenoxy) is 2. The van der Waals surface area contributed by atoms with Crippen LogP contribution >= 0.6 is 11.8 Å². The summed E-state index contributed by atoms with van der Waals surface area (Å²) in [7, 11) is 1.40. The number of esters is 1. The maximum atomic E-state index is 11.6. The number of aromatic nitrogens is 1. The second-order valence-corrected chi connectivity index (χ2v) is 8.65. The highest BCUT2D eigenvalue weighted by Crippen LogP contribution is 2.28. The molecule has 4 rings (SSSR count). The minimum atomic E-state index is -0.242. The van der Waals surface area contributed by atoms with Gasteiger partial charge in [-0.1, -0.05) is 18.2 Å². The normalized spacial score (nSPS) is 16.3. The molecule has 3 aromatic rings. The summed E-state index contributed by atoms with van der Waals surface area (Å²) in [6.45, 7) is 2.47. The number of nitrogens with zero attached hydrogens (tertiary/aromatic N) is 1. The topological polar surface area (TPSA) is 69.7 Å². The monoisotopic (exact) mass is 450 g/mol. The van der Waals surface area contributed by atoms with Gasteiger partial charge >= 0.3 is 5.97 Å². The largest absolute Gasteiger partial charge is 0.489 e. The molecule has 0 spiro atoms. The summed E-state index contributed by atoms with van der Waals surface area (Å²) < 4.78 is 10.8. The van der Waals surface area contributed by atoms with Gasteiger partial charge in [0.2, 0.25) is 0 Å². The number of nitrogens with one attached hydrogen (secondary N) is 1. The molecule has 0 amide bonds. The molecule has 2 unspecified atom stereocenters. The van der Waals surface area contributed by atoms with Crippen molar-refractivity contribution < 1.29 is 19.1 Å². The van der Waals surface area contributed by atoms with Crippen molar-refractivity contribution in [1.82, 2.24) is 10.5 Å². The number of para-hydroxylation sites is 1. The average Bonchev–Trinajstić information content (AvgIpc) is 3.31. The van der Waals surface area contributed by atoms with Crippen molar-refractivity contribution in [3.05, 3.63) is 77.5 Å². The average molecular weight is 451 g/mol. The van der Waals surface area contributed by atoms with Crippen LogP contribution in [0.25, 0.3) is 16.6 Å². The van der Waals surface area contributed by atoms with E-state index in [1.54, 1.807) is 11.8 Å². The second-order valence-electron chi connectivity index (χ2n) is 7.57. The molecule has 32 heavy (non-hydrogen) atoms. The van der Waals surface area contributed by atoms with Gasteiger partial charge < -0.3 is 9.47 Å². The lowest BCUT2D eigenvalue weighted by Gasteiger charge is -2.17. The van der Waals surface area contributed by atoms with Crippen molar-refractivity contribution in [2.24, 2.45) is 0 Å². The molecule has 2 heterocycles. The second kappa shape index (κ2) is 10.1. The van der Waals surface area contributed by atoms with Gasteiger partial charge in [-0.3, -0.25) is 20.1 Å². The Balaban J connectivity index is 1.42. The zero-order valence-corrected chi connectivity index (χ0v) is 19.1. The molecule has 0 saturated heterocycles. The lowest BCUT2D eigenvalue weighted by atomic mass is 10.1. The van der Waals surface area contributed by atoms with Crippen LogP contribution < -0.4 is 10.2 Å². The van der Waals surface area contributed by atoms with Crippen molar-refractivity contribution in [3.8, 4) is 5.75 Å². The van der Waals surface area contributed by atoms with Crippen molar-refractivity contribution in [2.45, 2.75) is 31.3 Å². The number of fused-ring (bicyclic) bond motifs is 1. The molecule has 0 saturated carbocycles. The number of rotatable bonds is 8. The van der Waals surface area contributed by atoms with E-state index in [1.165, 1.54) is 7.11 Å². The van der Waals surface area contributed by atoms with Gasteiger partial charge in [0.15, 0.2) is 0 Å². The number of benzene rings is 2. The minimum absolute atomic E-state index is 0.0197. The predicted molar refractivity (Wildman–Crippen MR) is 127 cm³/mol. The predicted octanol–water partition coefficient (Wildman–Crippen LogP) is 4.66. The Morgan fingerprint density at radius 2 is 2.00 bits per heavy atom. The number of carbonyl (C=O) groups is 1. The third-order valence-electron chi connectivity index (χ3n) is 5.39. The smallest absolute Gasteiger partial charge is 0.306 e. The van der Waals surface area contributed by atoms with Gasteiger partial charge in [0.25, 0.3) is 0 Å². The highest BCUT2D eigenvalue weighted by atomic mass is 32.2. The van der Waals surface area contributed by atoms with E-state index in [2.05, 4.69) is 22.6 Å². The standard InChI is InChI=1S/C25H26N2O4S/c1-16-12-18(20-6-4-5-7-21(20)26-16)15-30-19-10-8-17(9-11-19)22-13-23(31-27-22)24(32-3)14-25(28)29-2/h4-13,23-24,27H,14-15H2,1-3H3. The lowest BCUT2D eigenvalue weighted by molar-refractivity contribution is -0.141. The maximum Gasteiger partial charge on any atom is 0.306 e. The van der Waals surface area contributed by atoms with Gasteiger partial charge in [0.05, 0.1) is 24.7 Å². The fourth-order valence-electron chi connectivity index (χ4n) is 3.69. The Labute approximate surface area is 191 Å². The Morgan fingerprint density at radius 1 is 1.22 bits per heavy atom. The van der Waals surface area contributed by atoms with E-state index in [0.29, 0.717) is 13.0 Å². The van der Waals surface area contributed by atoms with Crippen LogP contribution in [-0.2, 0) is 21.0 Å². The van der Waals surface area contributed by atoms with E-state index in [0.717, 1.165) is 39.2 Å². The molecular weight excluding hydrogens is 424 g/mol. The molecule has 1 aliphatic rings. The molecule has 166 valence electrons. The first-order valence-electron chi connectivity index (χ1n) is 10.4. The summed E-state index contributed by atoms with van der Waals surface area (Å²) >= 11 is 1.58. The quantitative estimate of drug-likeness (QED) is 0.501. The summed E-state index contributed by atoms with van der Waals surface area (Å²) in [5, 5.41) is 1.09. The zero-order chi connectivity index (χ0) is 22.5. The zero-order valence-electron chi connectivity index (χ0n) is 18.3. The molecule has 1 aliphatic heterocycles. The Morgan fingerprint density at radius 3 is 2.75 bits per heavy atom. The van der Waals surface area contributed by atoms with Crippen molar-refractivity contribution in [1.29, 1.82) is 0 Å². The van der Waals surface area contributed by atoms with Crippen LogP contribution in [0.5, 0.6) is 5.75 Å². The molecule has 2 atom stereocenters. The SMILES string of the molecule is COC(=O)CC(SC)C1C=C(c2ccc(OCc3cc(C)nc4ccccc34)cc2)NO1. The number of carbonyl (C=O) groups excluding carboxylic acids is 1. The molecule has 1 N–H and O–H groups in total. The first kappa shape index (κ1) is 22.2. The van der Waals surface area contributed by atoms with E-state index in [4.69, 9.17) is 14.3 Å². The summed E-state index contributed by atoms with van der Waals surface area (Å²) in [5.41, 5.74) is 7.91. The summed E-state index contributed by atoms with van der Waals surface area (Å²) in [4.78, 5) is 21.9. The van der Waals surface area contributed by atoms with Gasteiger partial charge in [-0.25, -0.2) is 0 Å². The molecule has 6 nitrogen and oxygen atoms in total. The third-order valence-corrected chi connectivity index (χ3v) is 6.43. The lowest BCUT2D eigenvalue weighted by Crippen LogP contribution is -2.27. The van der Waals surface area contributed by atoms with Gasteiger partial charge in [-0.05, 0) is 61.2 Å². The molecule has 7 heteroatoms. The van der Waals surface area contributed by atoms with Crippen molar-refractivity contribution in [3.63, 3.8) is 0 Å². The highest BCUT2D eigenvalue weighted by molar-refractivity contribution is 7.99. The number of thioether (sulfide) groups is 1. The highest BCUT2D eigenvalue weighted by Gasteiger charge is 2.28. The van der Waals surface area contributed by atoms with Crippen LogP contribution in [0.3, 0.4) is 0 Å². The number of hydrogen-bond acceptors (Lipinski definition) is 7. The fraction of sp³-hybridized carbons (Fsp3) is 0.280. The van der Waals surface area contributed by atoms with Gasteiger partial charge in [-0.15, -0.1) is 0 Å². The Kier molecular flexibility index (Phi) is 6.97. The van der Waals surface area contributed by atoms with Gasteiger partial charge in [-0.2, -0.15) is 11.8 Å². The molecule has 0 bridgehead atoms. The number of pyridine rings is 1. The third kappa shape index (κ3) is 5.06. The number of methoxy groups -OCH3 is 1. The number of hydroxylamine groups is 1. The van der Waals surface area contributed by atoms with Crippen LogP contribution in [0.2, 0.25) is 0 Å². The van der Waals surface area contributed by atoms with Crippen LogP contribution in [0, 0.1) is 6.92 Å². The minimum Gasteiger partial charge on any atom is -0.489 e. The maximum absolute atomic E-state index is 11.6. The Hall–Kier alpha value is -3.03. The number of hydrogen-bond donors (Lipinski definition) is 1. The van der Waals surface area contributed by atoms with E-state index in [1.807, 2.05) is 61.7 Å². The molecular formula is C25H26N2O4S. The summed E-state index contributed by atoms with van der Waals surface area (Å²) in [6, 6.07) is 18.0. The van der Waals surface area contributed by atoms with Gasteiger partial charge in [0.1, 0.15) is 18.5 Å². The summed E-state index contributed by atoms with van der Waals surface area (Å²) in [6.07, 6.45) is 4.05. The van der Waals surface area contributed by atoms with Crippen LogP contribution in [0.4, 0.5) is 0 Å². The van der Waals surface area contributed by atoms with Crippen molar-refractivity contribution in [2.75, 3.05) is 13.4 Å². The fourth-order valence-corrected chi connectivity index (χ4v) is 4.39. The van der Waals surface area contributed by atoms with Crippen molar-refractivity contribution >= 4 is 34.3 Å². The molecule has 1 aromatic heterocycles. The van der Waals surface area contributed by atoms with Gasteiger partial charge in [0, 0.05) is 21.9 Å². The van der Waals surface area contributed by atoms with E-state index >= 15 is 0 Å². The number of aryl methyl sites for hydroxylation is 1. The molecule has 0 fully saturated rings. The molecule has 0 aliphatic carbocycles. The van der Waals surface area contributed by atoms with E-state index < -0.39 is 0 Å².